The summed E-state index contributed by atoms with van der Waals surface area (Å²) in [5.74, 6) is 0. The summed E-state index contributed by atoms with van der Waals surface area (Å²) < 4.78 is 5.80. The first kappa shape index (κ1) is 23.9. The number of hydrogen-bond acceptors (Lipinski definition) is 6. The average molecular weight is 430 g/mol. The van der Waals surface area contributed by atoms with E-state index in [4.69, 9.17) is 4.74 Å². The van der Waals surface area contributed by atoms with Gasteiger partial charge in [0.05, 0.1) is 25.4 Å². The van der Waals surface area contributed by atoms with Crippen LogP contribution in [0.1, 0.15) is 30.4 Å². The normalized spacial score (nSPS) is 24.4. The third-order valence-corrected chi connectivity index (χ3v) is 6.02. The fourth-order valence-corrected chi connectivity index (χ4v) is 4.14. The van der Waals surface area contributed by atoms with Crippen LogP contribution in [0.2, 0.25) is 0 Å². The van der Waals surface area contributed by atoms with Gasteiger partial charge in [-0.15, -0.1) is 0 Å². The van der Waals surface area contributed by atoms with Gasteiger partial charge >= 0.3 is 0 Å². The van der Waals surface area contributed by atoms with Crippen molar-refractivity contribution in [1.82, 2.24) is 4.90 Å². The van der Waals surface area contributed by atoms with Crippen LogP contribution in [0.3, 0.4) is 0 Å². The largest absolute Gasteiger partial charge is 0.395 e. The summed E-state index contributed by atoms with van der Waals surface area (Å²) in [5.41, 5.74) is 4.83. The van der Waals surface area contributed by atoms with Crippen molar-refractivity contribution in [2.75, 3.05) is 26.3 Å². The van der Waals surface area contributed by atoms with Gasteiger partial charge in [0, 0.05) is 13.2 Å². The van der Waals surface area contributed by atoms with Crippen molar-refractivity contribution in [2.45, 2.75) is 57.1 Å². The number of aliphatic hydroxyl groups excluding tert-OH is 4. The molecule has 3 rings (SSSR count). The number of rotatable bonds is 10. The Kier molecular flexibility index (Phi) is 9.02. The molecule has 6 nitrogen and oxygen atoms in total. The Morgan fingerprint density at radius 2 is 1.71 bits per heavy atom. The number of β-amino-alcohol motifs (C(OH)–C–C–N with tert-alkyl or cyclic N) is 1. The van der Waals surface area contributed by atoms with Crippen LogP contribution in [0, 0.1) is 6.92 Å². The molecule has 0 aromatic heterocycles. The number of hydrogen-bond donors (Lipinski definition) is 4. The molecule has 1 heterocycles. The number of likely N-dealkylation sites (tertiary alicyclic amines) is 1. The predicted molar refractivity (Wildman–Crippen MR) is 121 cm³/mol. The van der Waals surface area contributed by atoms with Crippen LogP contribution >= 0.6 is 0 Å². The summed E-state index contributed by atoms with van der Waals surface area (Å²) in [5, 5.41) is 39.1. The minimum atomic E-state index is -1.20. The van der Waals surface area contributed by atoms with Gasteiger partial charge in [-0.1, -0.05) is 54.1 Å². The quantitative estimate of drug-likeness (QED) is 0.432. The lowest BCUT2D eigenvalue weighted by Gasteiger charge is -2.43. The van der Waals surface area contributed by atoms with Gasteiger partial charge in [-0.25, -0.2) is 0 Å². The lowest BCUT2D eigenvalue weighted by Crippen LogP contribution is -2.62. The van der Waals surface area contributed by atoms with E-state index in [-0.39, 0.29) is 13.2 Å². The zero-order valence-electron chi connectivity index (χ0n) is 18.2. The summed E-state index contributed by atoms with van der Waals surface area (Å²) in [7, 11) is 0. The van der Waals surface area contributed by atoms with Crippen molar-refractivity contribution in [3.8, 4) is 11.1 Å². The monoisotopic (exact) mass is 429 g/mol. The molecule has 0 bridgehead atoms. The minimum absolute atomic E-state index is 0.239. The molecule has 0 radical (unpaired) electrons. The Bertz CT molecular complexity index is 797. The number of benzene rings is 2. The van der Waals surface area contributed by atoms with Gasteiger partial charge in [0.15, 0.2) is 0 Å². The zero-order valence-corrected chi connectivity index (χ0v) is 18.2. The van der Waals surface area contributed by atoms with Crippen LogP contribution in [-0.2, 0) is 11.3 Å². The van der Waals surface area contributed by atoms with E-state index >= 15 is 0 Å². The van der Waals surface area contributed by atoms with E-state index in [2.05, 4.69) is 55.5 Å². The highest BCUT2D eigenvalue weighted by Crippen LogP contribution is 2.21. The molecule has 1 aliphatic heterocycles. The number of piperidine rings is 1. The smallest absolute Gasteiger partial charge is 0.109 e. The van der Waals surface area contributed by atoms with Crippen LogP contribution in [0.4, 0.5) is 0 Å². The van der Waals surface area contributed by atoms with Crippen LogP contribution in [0.25, 0.3) is 11.1 Å². The standard InChI is InChI=1S/C25H35NO5/c1-18-6-5-7-21(14-18)20-10-8-19(9-11-20)17-31-13-4-2-3-12-26-15-23(28)25(30)24(29)22(26)16-27/h5-11,14,22-25,27-30H,2-4,12-13,15-17H2,1H3/t22-,23+,24-,25-/m1/s1. The zero-order chi connectivity index (χ0) is 22.2. The number of aliphatic hydroxyl groups is 4. The summed E-state index contributed by atoms with van der Waals surface area (Å²) in [6.07, 6.45) is -0.566. The third-order valence-electron chi connectivity index (χ3n) is 6.02. The molecular formula is C25H35NO5. The first-order chi connectivity index (χ1) is 15.0. The Morgan fingerprint density at radius 3 is 2.42 bits per heavy atom. The van der Waals surface area contributed by atoms with E-state index in [9.17, 15) is 20.4 Å². The molecule has 6 heteroatoms. The summed E-state index contributed by atoms with van der Waals surface area (Å²) in [6, 6.07) is 16.4. The van der Waals surface area contributed by atoms with E-state index in [0.29, 0.717) is 19.8 Å². The molecule has 31 heavy (non-hydrogen) atoms. The van der Waals surface area contributed by atoms with Gasteiger partial charge in [-0.2, -0.15) is 0 Å². The van der Waals surface area contributed by atoms with Crippen molar-refractivity contribution in [3.63, 3.8) is 0 Å². The Balaban J connectivity index is 1.33. The fourth-order valence-electron chi connectivity index (χ4n) is 4.14. The van der Waals surface area contributed by atoms with E-state index in [0.717, 1.165) is 24.8 Å². The van der Waals surface area contributed by atoms with E-state index in [1.165, 1.54) is 16.7 Å². The lowest BCUT2D eigenvalue weighted by atomic mass is 9.94. The lowest BCUT2D eigenvalue weighted by molar-refractivity contribution is -0.145. The van der Waals surface area contributed by atoms with Gasteiger partial charge in [0.1, 0.15) is 12.2 Å². The maximum absolute atomic E-state index is 10.0. The number of aryl methyl sites for hydroxylation is 1. The summed E-state index contributed by atoms with van der Waals surface area (Å²) in [6.45, 7) is 4.04. The molecule has 0 saturated carbocycles. The average Bonchev–Trinajstić information content (AvgIpc) is 2.77. The molecule has 1 aliphatic rings. The molecule has 4 N–H and O–H groups in total. The van der Waals surface area contributed by atoms with Crippen molar-refractivity contribution in [2.24, 2.45) is 0 Å². The van der Waals surface area contributed by atoms with Crippen LogP contribution in [0.5, 0.6) is 0 Å². The van der Waals surface area contributed by atoms with E-state index in [1.807, 2.05) is 4.90 Å². The third kappa shape index (κ3) is 6.59. The molecule has 0 amide bonds. The SMILES string of the molecule is Cc1cccc(-c2ccc(COCCCCCN3C[C@H](O)[C@@H](O)[C@H](O)[C@H]3CO)cc2)c1. The highest BCUT2D eigenvalue weighted by atomic mass is 16.5. The molecule has 0 aliphatic carbocycles. The maximum atomic E-state index is 10.0. The molecule has 2 aromatic carbocycles. The van der Waals surface area contributed by atoms with Crippen LogP contribution in [0.15, 0.2) is 48.5 Å². The molecule has 170 valence electrons. The second-order valence-corrected chi connectivity index (χ2v) is 8.47. The first-order valence-electron chi connectivity index (χ1n) is 11.1. The Morgan fingerprint density at radius 1 is 0.935 bits per heavy atom. The van der Waals surface area contributed by atoms with Crippen molar-refractivity contribution >= 4 is 0 Å². The minimum Gasteiger partial charge on any atom is -0.395 e. The van der Waals surface area contributed by atoms with Gasteiger partial charge in [0.2, 0.25) is 0 Å². The number of nitrogens with zero attached hydrogens (tertiary/aromatic N) is 1. The molecule has 4 atom stereocenters. The van der Waals surface area contributed by atoms with Crippen LogP contribution < -0.4 is 0 Å². The van der Waals surface area contributed by atoms with Gasteiger partial charge in [-0.3, -0.25) is 4.90 Å². The van der Waals surface area contributed by atoms with Crippen LogP contribution in [-0.4, -0.2) is 76.0 Å². The molecule has 1 fully saturated rings. The summed E-state index contributed by atoms with van der Waals surface area (Å²) in [4.78, 5) is 1.86. The highest BCUT2D eigenvalue weighted by molar-refractivity contribution is 5.64. The molecule has 0 unspecified atom stereocenters. The van der Waals surface area contributed by atoms with E-state index in [1.54, 1.807) is 0 Å². The topological polar surface area (TPSA) is 93.4 Å². The maximum Gasteiger partial charge on any atom is 0.109 e. The van der Waals surface area contributed by atoms with Crippen molar-refractivity contribution in [3.05, 3.63) is 59.7 Å². The second kappa shape index (κ2) is 11.7. The molecule has 0 spiro atoms. The van der Waals surface area contributed by atoms with Crippen molar-refractivity contribution < 1.29 is 25.2 Å². The number of unbranched alkanes of at least 4 members (excludes halogenated alkanes) is 2. The predicted octanol–water partition coefficient (Wildman–Crippen LogP) is 2.11. The number of ether oxygens (including phenoxy) is 1. The van der Waals surface area contributed by atoms with Gasteiger partial charge < -0.3 is 25.2 Å². The fraction of sp³-hybridized carbons (Fsp3) is 0.520. The van der Waals surface area contributed by atoms with Crippen molar-refractivity contribution in [1.29, 1.82) is 0 Å². The van der Waals surface area contributed by atoms with Gasteiger partial charge in [-0.05, 0) is 49.4 Å². The highest BCUT2D eigenvalue weighted by Gasteiger charge is 2.40. The van der Waals surface area contributed by atoms with E-state index < -0.39 is 24.4 Å². The second-order valence-electron chi connectivity index (χ2n) is 8.47. The Hall–Kier alpha value is -1.80. The molecular weight excluding hydrogens is 394 g/mol. The first-order valence-corrected chi connectivity index (χ1v) is 11.1. The molecule has 2 aromatic rings. The summed E-state index contributed by atoms with van der Waals surface area (Å²) >= 11 is 0. The van der Waals surface area contributed by atoms with Gasteiger partial charge in [0.25, 0.3) is 0 Å². The Labute approximate surface area is 184 Å². The molecule has 1 saturated heterocycles.